The van der Waals surface area contributed by atoms with Crippen molar-refractivity contribution in [2.24, 2.45) is 7.05 Å². The van der Waals surface area contributed by atoms with E-state index in [-0.39, 0.29) is 11.3 Å². The topological polar surface area (TPSA) is 102 Å². The lowest BCUT2D eigenvalue weighted by Gasteiger charge is -2.15. The highest BCUT2D eigenvalue weighted by Crippen LogP contribution is 2.38. The molecule has 0 aliphatic heterocycles. The third kappa shape index (κ3) is 4.87. The van der Waals surface area contributed by atoms with Crippen LogP contribution in [-0.2, 0) is 12.8 Å². The number of carbonyl (C=O) groups excluding carboxylic acids is 1. The summed E-state index contributed by atoms with van der Waals surface area (Å²) in [7, 11) is 1.80. The van der Waals surface area contributed by atoms with Crippen LogP contribution in [0, 0.1) is 6.92 Å². The summed E-state index contributed by atoms with van der Waals surface area (Å²) in [6.45, 7) is 1.91. The van der Waals surface area contributed by atoms with Gasteiger partial charge in [-0.3, -0.25) is 4.79 Å². The van der Waals surface area contributed by atoms with Crippen molar-refractivity contribution in [3.63, 3.8) is 0 Å². The SMILES string of the molecule is Cc1ccccc1NC(=O)c1cc(Oc2ccc(CSc3nnnn3C)cc2)c2ccccc2c1O. The number of benzene rings is 4. The first-order chi connectivity index (χ1) is 17.5. The van der Waals surface area contributed by atoms with Gasteiger partial charge in [0.1, 0.15) is 17.2 Å². The zero-order valence-corrected chi connectivity index (χ0v) is 20.5. The van der Waals surface area contributed by atoms with Crippen LogP contribution >= 0.6 is 11.8 Å². The van der Waals surface area contributed by atoms with Gasteiger partial charge in [-0.2, -0.15) is 0 Å². The van der Waals surface area contributed by atoms with E-state index in [2.05, 4.69) is 20.8 Å². The van der Waals surface area contributed by atoms with Gasteiger partial charge in [-0.1, -0.05) is 66.4 Å². The van der Waals surface area contributed by atoms with Gasteiger partial charge in [0.2, 0.25) is 5.16 Å². The second kappa shape index (κ2) is 10.1. The number of rotatable bonds is 7. The minimum absolute atomic E-state index is 0.0883. The van der Waals surface area contributed by atoms with Crippen LogP contribution in [0.1, 0.15) is 21.5 Å². The summed E-state index contributed by atoms with van der Waals surface area (Å²) < 4.78 is 7.83. The van der Waals surface area contributed by atoms with Gasteiger partial charge in [0.05, 0.1) is 5.56 Å². The summed E-state index contributed by atoms with van der Waals surface area (Å²) >= 11 is 1.54. The van der Waals surface area contributed by atoms with Crippen molar-refractivity contribution in [1.29, 1.82) is 0 Å². The van der Waals surface area contributed by atoms with Crippen molar-refractivity contribution in [1.82, 2.24) is 20.2 Å². The number of anilines is 1. The van der Waals surface area contributed by atoms with E-state index < -0.39 is 5.91 Å². The van der Waals surface area contributed by atoms with Crippen molar-refractivity contribution < 1.29 is 14.6 Å². The number of fused-ring (bicyclic) bond motifs is 1. The number of hydrogen-bond acceptors (Lipinski definition) is 7. The average Bonchev–Trinajstić information content (AvgIpc) is 3.31. The maximum absolute atomic E-state index is 13.1. The first-order valence-electron chi connectivity index (χ1n) is 11.2. The minimum Gasteiger partial charge on any atom is -0.506 e. The first-order valence-corrected chi connectivity index (χ1v) is 12.2. The molecule has 0 aliphatic carbocycles. The van der Waals surface area contributed by atoms with Crippen molar-refractivity contribution >= 4 is 34.1 Å². The molecule has 0 aliphatic rings. The van der Waals surface area contributed by atoms with Crippen molar-refractivity contribution in [2.45, 2.75) is 17.8 Å². The molecule has 9 heteroatoms. The Morgan fingerprint density at radius 3 is 2.47 bits per heavy atom. The molecular formula is C27H23N5O3S. The van der Waals surface area contributed by atoms with E-state index in [0.29, 0.717) is 33.7 Å². The van der Waals surface area contributed by atoms with E-state index in [1.54, 1.807) is 35.6 Å². The summed E-state index contributed by atoms with van der Waals surface area (Å²) in [6, 6.07) is 24.1. The molecule has 0 atom stereocenters. The van der Waals surface area contributed by atoms with Gasteiger partial charge in [-0.15, -0.1) is 5.10 Å². The summed E-state index contributed by atoms with van der Waals surface area (Å²) in [4.78, 5) is 13.1. The lowest BCUT2D eigenvalue weighted by Crippen LogP contribution is -2.13. The number of phenols is 1. The van der Waals surface area contributed by atoms with Crippen LogP contribution in [0.4, 0.5) is 5.69 Å². The molecule has 0 spiro atoms. The predicted octanol–water partition coefficient (Wildman–Crippen LogP) is 5.71. The molecule has 1 aromatic heterocycles. The number of para-hydroxylation sites is 1. The van der Waals surface area contributed by atoms with Gasteiger partial charge in [0, 0.05) is 29.3 Å². The Labute approximate surface area is 211 Å². The molecule has 1 amide bonds. The highest BCUT2D eigenvalue weighted by Gasteiger charge is 2.19. The first kappa shape index (κ1) is 23.4. The summed E-state index contributed by atoms with van der Waals surface area (Å²) in [6.07, 6.45) is 0. The molecule has 36 heavy (non-hydrogen) atoms. The second-order valence-corrected chi connectivity index (χ2v) is 9.15. The molecule has 1 heterocycles. The third-order valence-corrected chi connectivity index (χ3v) is 6.80. The quantitative estimate of drug-likeness (QED) is 0.278. The maximum Gasteiger partial charge on any atom is 0.259 e. The number of phenolic OH excluding ortho intramolecular Hbond substituents is 1. The molecule has 5 rings (SSSR count). The molecule has 0 saturated carbocycles. The summed E-state index contributed by atoms with van der Waals surface area (Å²) in [5.41, 5.74) is 2.83. The van der Waals surface area contributed by atoms with Crippen LogP contribution < -0.4 is 10.1 Å². The fraction of sp³-hybridized carbons (Fsp3) is 0.111. The van der Waals surface area contributed by atoms with Crippen LogP contribution in [0.5, 0.6) is 17.2 Å². The molecule has 5 aromatic rings. The molecule has 0 unspecified atom stereocenters. The number of carbonyl (C=O) groups is 1. The van der Waals surface area contributed by atoms with Crippen molar-refractivity contribution in [2.75, 3.05) is 5.32 Å². The van der Waals surface area contributed by atoms with Gasteiger partial charge >= 0.3 is 0 Å². The molecular weight excluding hydrogens is 474 g/mol. The Hall–Kier alpha value is -4.37. The number of aromatic nitrogens is 4. The number of aryl methyl sites for hydroxylation is 2. The molecule has 0 bridgehead atoms. The number of ether oxygens (including phenoxy) is 1. The molecule has 4 aromatic carbocycles. The highest BCUT2D eigenvalue weighted by atomic mass is 32.2. The Kier molecular flexibility index (Phi) is 6.55. The van der Waals surface area contributed by atoms with Crippen molar-refractivity contribution in [3.8, 4) is 17.2 Å². The average molecular weight is 498 g/mol. The lowest BCUT2D eigenvalue weighted by molar-refractivity contribution is 0.102. The van der Waals surface area contributed by atoms with Gasteiger partial charge in [-0.25, -0.2) is 4.68 Å². The molecule has 0 saturated heterocycles. The molecule has 0 radical (unpaired) electrons. The van der Waals surface area contributed by atoms with E-state index in [4.69, 9.17) is 4.74 Å². The van der Waals surface area contributed by atoms with E-state index in [9.17, 15) is 9.90 Å². The number of aromatic hydroxyl groups is 1. The number of amides is 1. The zero-order chi connectivity index (χ0) is 25.1. The lowest BCUT2D eigenvalue weighted by atomic mass is 10.0. The van der Waals surface area contributed by atoms with E-state index in [1.807, 2.05) is 73.7 Å². The normalized spacial score (nSPS) is 10.9. The van der Waals surface area contributed by atoms with Crippen LogP contribution in [0.3, 0.4) is 0 Å². The fourth-order valence-electron chi connectivity index (χ4n) is 3.76. The number of tetrazole rings is 1. The number of hydrogen-bond donors (Lipinski definition) is 2. The van der Waals surface area contributed by atoms with Crippen LogP contribution in [0.15, 0.2) is 84.0 Å². The monoisotopic (exact) mass is 497 g/mol. The van der Waals surface area contributed by atoms with Gasteiger partial charge in [-0.05, 0) is 52.7 Å². The number of nitrogens with zero attached hydrogens (tertiary/aromatic N) is 4. The summed E-state index contributed by atoms with van der Waals surface area (Å²) in [5, 5.41) is 27.3. The molecule has 0 fully saturated rings. The van der Waals surface area contributed by atoms with Gasteiger partial charge in [0.25, 0.3) is 5.91 Å². The predicted molar refractivity (Wildman–Crippen MR) is 140 cm³/mol. The van der Waals surface area contributed by atoms with Crippen LogP contribution in [0.2, 0.25) is 0 Å². The fourth-order valence-corrected chi connectivity index (χ4v) is 4.56. The minimum atomic E-state index is -0.414. The zero-order valence-electron chi connectivity index (χ0n) is 19.7. The molecule has 180 valence electrons. The number of thioether (sulfide) groups is 1. The van der Waals surface area contributed by atoms with E-state index >= 15 is 0 Å². The van der Waals surface area contributed by atoms with Crippen molar-refractivity contribution in [3.05, 3.63) is 95.6 Å². The Balaban J connectivity index is 1.41. The molecule has 2 N–H and O–H groups in total. The Bertz CT molecular complexity index is 1550. The van der Waals surface area contributed by atoms with Crippen LogP contribution in [-0.4, -0.2) is 31.2 Å². The highest BCUT2D eigenvalue weighted by molar-refractivity contribution is 7.98. The third-order valence-electron chi connectivity index (χ3n) is 5.72. The van der Waals surface area contributed by atoms with E-state index in [1.165, 1.54) is 0 Å². The standard InChI is InChI=1S/C27H23N5O3S/c1-17-7-3-6-10-23(17)28-26(34)22-15-24(20-8-4-5-9-21(20)25(22)33)35-19-13-11-18(12-14-19)16-36-27-29-30-31-32(27)2/h3-15,33H,16H2,1-2H3,(H,28,34). The van der Waals surface area contributed by atoms with Crippen LogP contribution in [0.25, 0.3) is 10.8 Å². The smallest absolute Gasteiger partial charge is 0.259 e. The summed E-state index contributed by atoms with van der Waals surface area (Å²) in [5.74, 6) is 1.30. The second-order valence-electron chi connectivity index (χ2n) is 8.21. The molecule has 8 nitrogen and oxygen atoms in total. The van der Waals surface area contributed by atoms with Gasteiger partial charge < -0.3 is 15.2 Å². The van der Waals surface area contributed by atoms with Gasteiger partial charge in [0.15, 0.2) is 0 Å². The number of nitrogens with one attached hydrogen (secondary N) is 1. The maximum atomic E-state index is 13.1. The van der Waals surface area contributed by atoms with E-state index in [0.717, 1.165) is 16.3 Å². The largest absolute Gasteiger partial charge is 0.506 e. The Morgan fingerprint density at radius 2 is 1.75 bits per heavy atom. The Morgan fingerprint density at radius 1 is 1.03 bits per heavy atom.